The summed E-state index contributed by atoms with van der Waals surface area (Å²) in [5.74, 6) is -3.48. The first-order valence-electron chi connectivity index (χ1n) is 9.47. The van der Waals surface area contributed by atoms with Gasteiger partial charge in [0.25, 0.3) is 5.91 Å². The maximum Gasteiger partial charge on any atom is 0.296 e. The molecular weight excluding hydrogens is 436 g/mol. The van der Waals surface area contributed by atoms with Gasteiger partial charge in [0.2, 0.25) is 0 Å². The monoisotopic (exact) mass is 449 g/mol. The number of aliphatic hydroxyl groups is 1. The molecule has 32 heavy (non-hydrogen) atoms. The van der Waals surface area contributed by atoms with Gasteiger partial charge in [-0.15, -0.1) is 0 Å². The summed E-state index contributed by atoms with van der Waals surface area (Å²) in [5.41, 5.74) is 0.301. The number of hydrogen-bond acceptors (Lipinski definition) is 6. The van der Waals surface area contributed by atoms with Crippen LogP contribution in [0.3, 0.4) is 0 Å². The van der Waals surface area contributed by atoms with E-state index in [0.717, 1.165) is 16.2 Å². The molecule has 1 aliphatic rings. The van der Waals surface area contributed by atoms with Crippen molar-refractivity contribution in [2.24, 2.45) is 0 Å². The molecule has 2 aromatic carbocycles. The van der Waals surface area contributed by atoms with Gasteiger partial charge in [-0.2, -0.15) is 0 Å². The summed E-state index contributed by atoms with van der Waals surface area (Å²) in [4.78, 5) is 35.7. The first-order valence-corrected chi connectivity index (χ1v) is 10.3. The highest BCUT2D eigenvalue weighted by Gasteiger charge is 2.46. The number of amides is 1. The van der Waals surface area contributed by atoms with Crippen molar-refractivity contribution in [3.8, 4) is 0 Å². The Morgan fingerprint density at radius 2 is 1.91 bits per heavy atom. The Morgan fingerprint density at radius 3 is 2.66 bits per heavy atom. The maximum absolute atomic E-state index is 14.8. The molecule has 0 aliphatic carbocycles. The molecule has 4 aromatic rings. The number of thiazole rings is 1. The van der Waals surface area contributed by atoms with Crippen LogP contribution in [0.25, 0.3) is 10.2 Å². The lowest BCUT2D eigenvalue weighted by atomic mass is 9.93. The maximum atomic E-state index is 14.8. The van der Waals surface area contributed by atoms with E-state index in [4.69, 9.17) is 0 Å². The number of pyridine rings is 1. The Morgan fingerprint density at radius 1 is 1.09 bits per heavy atom. The lowest BCUT2D eigenvalue weighted by molar-refractivity contribution is -0.117. The zero-order valence-corrected chi connectivity index (χ0v) is 17.0. The van der Waals surface area contributed by atoms with Crippen LogP contribution in [-0.2, 0) is 4.79 Å². The standard InChI is InChI=1S/C23H13F2N3O3S/c24-13-7-8-16-17(10-13)32-23(27-16)28-19(14-5-1-2-6-15(14)25)18(21(30)22(28)31)20(29)12-4-3-9-26-11-12/h1-11,19,30H. The minimum absolute atomic E-state index is 0.0163. The van der Waals surface area contributed by atoms with E-state index in [2.05, 4.69) is 9.97 Å². The molecular formula is C23H13F2N3O3S. The zero-order chi connectivity index (χ0) is 22.4. The Kier molecular flexibility index (Phi) is 4.75. The SMILES string of the molecule is O=C(C1=C(O)C(=O)N(c2nc3ccc(F)cc3s2)C1c1ccccc1F)c1cccnc1. The smallest absolute Gasteiger partial charge is 0.296 e. The molecule has 0 spiro atoms. The van der Waals surface area contributed by atoms with Gasteiger partial charge in [-0.05, 0) is 36.4 Å². The van der Waals surface area contributed by atoms with Crippen LogP contribution >= 0.6 is 11.3 Å². The Labute approximate surface area is 184 Å². The van der Waals surface area contributed by atoms with Crippen LogP contribution in [0.1, 0.15) is 22.0 Å². The van der Waals surface area contributed by atoms with E-state index in [1.807, 2.05) is 0 Å². The lowest BCUT2D eigenvalue weighted by Crippen LogP contribution is -2.31. The normalized spacial score (nSPS) is 16.2. The van der Waals surface area contributed by atoms with Gasteiger partial charge in [-0.1, -0.05) is 29.5 Å². The molecule has 0 bridgehead atoms. The van der Waals surface area contributed by atoms with Crippen LogP contribution in [0, 0.1) is 11.6 Å². The summed E-state index contributed by atoms with van der Waals surface area (Å²) in [5, 5.41) is 10.8. The second kappa shape index (κ2) is 7.61. The zero-order valence-electron chi connectivity index (χ0n) is 16.2. The second-order valence-corrected chi connectivity index (χ2v) is 8.05. The highest BCUT2D eigenvalue weighted by atomic mass is 32.1. The van der Waals surface area contributed by atoms with Gasteiger partial charge in [0, 0.05) is 23.5 Å². The Bertz CT molecular complexity index is 1420. The van der Waals surface area contributed by atoms with Gasteiger partial charge in [0.05, 0.1) is 15.8 Å². The molecule has 1 amide bonds. The highest BCUT2D eigenvalue weighted by molar-refractivity contribution is 7.22. The van der Waals surface area contributed by atoms with Gasteiger partial charge < -0.3 is 5.11 Å². The Hall–Kier alpha value is -3.98. The van der Waals surface area contributed by atoms with Gasteiger partial charge >= 0.3 is 0 Å². The van der Waals surface area contributed by atoms with Crippen molar-refractivity contribution >= 4 is 38.4 Å². The third-order valence-corrected chi connectivity index (χ3v) is 6.14. The molecule has 2 aromatic heterocycles. The summed E-state index contributed by atoms with van der Waals surface area (Å²) in [7, 11) is 0. The minimum atomic E-state index is -1.26. The Balaban J connectivity index is 1.70. The number of carbonyl (C=O) groups is 2. The van der Waals surface area contributed by atoms with Crippen LogP contribution in [0.4, 0.5) is 13.9 Å². The topological polar surface area (TPSA) is 83.4 Å². The highest BCUT2D eigenvalue weighted by Crippen LogP contribution is 2.44. The van der Waals surface area contributed by atoms with Crippen molar-refractivity contribution in [2.45, 2.75) is 6.04 Å². The fourth-order valence-electron chi connectivity index (χ4n) is 3.67. The number of anilines is 1. The average Bonchev–Trinajstić information content (AvgIpc) is 3.32. The van der Waals surface area contributed by atoms with Crippen LogP contribution < -0.4 is 4.90 Å². The van der Waals surface area contributed by atoms with E-state index in [-0.39, 0.29) is 21.8 Å². The fraction of sp³-hybridized carbons (Fsp3) is 0.0435. The van der Waals surface area contributed by atoms with E-state index in [1.165, 1.54) is 54.9 Å². The largest absolute Gasteiger partial charge is 0.503 e. The predicted octanol–water partition coefficient (Wildman–Crippen LogP) is 4.75. The summed E-state index contributed by atoms with van der Waals surface area (Å²) in [6.07, 6.45) is 2.78. The van der Waals surface area contributed by atoms with Crippen molar-refractivity contribution in [2.75, 3.05) is 4.90 Å². The molecule has 6 nitrogen and oxygen atoms in total. The quantitative estimate of drug-likeness (QED) is 0.455. The molecule has 9 heteroatoms. The average molecular weight is 449 g/mol. The number of hydrogen-bond donors (Lipinski definition) is 1. The molecule has 0 saturated heterocycles. The van der Waals surface area contributed by atoms with Gasteiger partial charge in [-0.3, -0.25) is 19.5 Å². The molecule has 1 N–H and O–H groups in total. The number of rotatable bonds is 4. The van der Waals surface area contributed by atoms with Gasteiger partial charge in [0.15, 0.2) is 16.7 Å². The number of ketones is 1. The van der Waals surface area contributed by atoms with E-state index in [9.17, 15) is 23.5 Å². The van der Waals surface area contributed by atoms with Crippen molar-refractivity contribution in [1.29, 1.82) is 0 Å². The predicted molar refractivity (Wildman–Crippen MR) is 114 cm³/mol. The number of Topliss-reactive ketones (excluding diaryl/α,β-unsaturated/α-hetero) is 1. The van der Waals surface area contributed by atoms with Crippen LogP contribution in [-0.4, -0.2) is 26.8 Å². The molecule has 3 heterocycles. The van der Waals surface area contributed by atoms with E-state index in [0.29, 0.717) is 10.2 Å². The van der Waals surface area contributed by atoms with Crippen molar-refractivity contribution in [3.05, 3.63) is 101 Å². The molecule has 0 radical (unpaired) electrons. The summed E-state index contributed by atoms with van der Waals surface area (Å²) >= 11 is 0.998. The molecule has 1 unspecified atom stereocenters. The fourth-order valence-corrected chi connectivity index (χ4v) is 4.68. The number of benzene rings is 2. The number of aromatic nitrogens is 2. The number of aliphatic hydroxyl groups excluding tert-OH is 1. The number of halogens is 2. The van der Waals surface area contributed by atoms with Crippen molar-refractivity contribution < 1.29 is 23.5 Å². The summed E-state index contributed by atoms with van der Waals surface area (Å²) in [6, 6.07) is 11.4. The second-order valence-electron chi connectivity index (χ2n) is 7.04. The third kappa shape index (κ3) is 3.14. The first-order chi connectivity index (χ1) is 15.5. The number of carbonyl (C=O) groups excluding carboxylic acids is 2. The van der Waals surface area contributed by atoms with Crippen LogP contribution in [0.2, 0.25) is 0 Å². The summed E-state index contributed by atoms with van der Waals surface area (Å²) in [6.45, 7) is 0. The summed E-state index contributed by atoms with van der Waals surface area (Å²) < 4.78 is 29.0. The van der Waals surface area contributed by atoms with E-state index < -0.39 is 35.1 Å². The van der Waals surface area contributed by atoms with E-state index >= 15 is 0 Å². The molecule has 5 rings (SSSR count). The number of nitrogens with zero attached hydrogens (tertiary/aromatic N) is 3. The lowest BCUT2D eigenvalue weighted by Gasteiger charge is -2.24. The number of fused-ring (bicyclic) bond motifs is 1. The molecule has 158 valence electrons. The molecule has 0 fully saturated rings. The van der Waals surface area contributed by atoms with Crippen molar-refractivity contribution in [1.82, 2.24) is 9.97 Å². The van der Waals surface area contributed by atoms with Gasteiger partial charge in [0.1, 0.15) is 17.7 Å². The van der Waals surface area contributed by atoms with Crippen molar-refractivity contribution in [3.63, 3.8) is 0 Å². The van der Waals surface area contributed by atoms with Crippen LogP contribution in [0.15, 0.2) is 78.3 Å². The minimum Gasteiger partial charge on any atom is -0.503 e. The molecule has 1 aliphatic heterocycles. The van der Waals surface area contributed by atoms with Gasteiger partial charge in [-0.25, -0.2) is 13.8 Å². The first kappa shape index (κ1) is 20.0. The van der Waals surface area contributed by atoms with Crippen LogP contribution in [0.5, 0.6) is 0 Å². The molecule has 1 atom stereocenters. The molecule has 0 saturated carbocycles. The van der Waals surface area contributed by atoms with E-state index in [1.54, 1.807) is 12.1 Å². The third-order valence-electron chi connectivity index (χ3n) is 5.12.